The molecule has 0 aliphatic heterocycles. The van der Waals surface area contributed by atoms with E-state index in [0.29, 0.717) is 11.5 Å². The van der Waals surface area contributed by atoms with Crippen molar-refractivity contribution in [3.63, 3.8) is 0 Å². The number of imidazole rings is 1. The van der Waals surface area contributed by atoms with Crippen LogP contribution in [0.1, 0.15) is 0 Å². The standard InChI is InChI=1S/C10H7N3OS/c14-10-8(11-5-15-10)9-12-6-3-1-2-4-7(6)13-9/h1-5,14H,(H,12,13). The average molecular weight is 217 g/mol. The zero-order valence-electron chi connectivity index (χ0n) is 7.64. The number of aromatic hydroxyl groups is 1. The maximum Gasteiger partial charge on any atom is 0.202 e. The van der Waals surface area contributed by atoms with Gasteiger partial charge in [0, 0.05) is 0 Å². The largest absolute Gasteiger partial charge is 0.498 e. The Labute approximate surface area is 89.3 Å². The highest BCUT2D eigenvalue weighted by Gasteiger charge is 2.11. The summed E-state index contributed by atoms with van der Waals surface area (Å²) in [6.45, 7) is 0. The van der Waals surface area contributed by atoms with E-state index >= 15 is 0 Å². The van der Waals surface area contributed by atoms with Crippen molar-refractivity contribution in [3.8, 4) is 16.6 Å². The van der Waals surface area contributed by atoms with E-state index in [4.69, 9.17) is 0 Å². The molecule has 0 saturated carbocycles. The summed E-state index contributed by atoms with van der Waals surface area (Å²) in [6, 6.07) is 7.72. The van der Waals surface area contributed by atoms with Crippen molar-refractivity contribution in [2.24, 2.45) is 0 Å². The van der Waals surface area contributed by atoms with E-state index in [0.717, 1.165) is 11.0 Å². The SMILES string of the molecule is Oc1scnc1-c1nc2ccccc2[nH]1. The number of hydrogen-bond acceptors (Lipinski definition) is 4. The smallest absolute Gasteiger partial charge is 0.202 e. The Morgan fingerprint density at radius 1 is 1.27 bits per heavy atom. The van der Waals surface area contributed by atoms with Crippen LogP contribution in [0.15, 0.2) is 29.8 Å². The lowest BCUT2D eigenvalue weighted by atomic mass is 10.3. The van der Waals surface area contributed by atoms with Crippen LogP contribution in [0.5, 0.6) is 5.06 Å². The third kappa shape index (κ3) is 1.28. The van der Waals surface area contributed by atoms with Crippen molar-refractivity contribution in [2.75, 3.05) is 0 Å². The molecule has 2 aromatic heterocycles. The average Bonchev–Trinajstić information content (AvgIpc) is 2.82. The third-order valence-electron chi connectivity index (χ3n) is 2.16. The maximum absolute atomic E-state index is 9.53. The Morgan fingerprint density at radius 2 is 2.13 bits per heavy atom. The van der Waals surface area contributed by atoms with Crippen LogP contribution in [0.4, 0.5) is 0 Å². The molecule has 0 aliphatic rings. The van der Waals surface area contributed by atoms with E-state index in [1.807, 2.05) is 24.3 Å². The van der Waals surface area contributed by atoms with Gasteiger partial charge in [0.25, 0.3) is 0 Å². The van der Waals surface area contributed by atoms with Gasteiger partial charge in [-0.15, -0.1) is 0 Å². The van der Waals surface area contributed by atoms with Crippen molar-refractivity contribution in [1.29, 1.82) is 0 Å². The molecule has 0 atom stereocenters. The van der Waals surface area contributed by atoms with Gasteiger partial charge in [-0.2, -0.15) is 0 Å². The van der Waals surface area contributed by atoms with Gasteiger partial charge in [0.1, 0.15) is 0 Å². The number of benzene rings is 1. The first-order chi connectivity index (χ1) is 7.34. The van der Waals surface area contributed by atoms with Gasteiger partial charge in [-0.3, -0.25) is 0 Å². The number of fused-ring (bicyclic) bond motifs is 1. The van der Waals surface area contributed by atoms with Crippen LogP contribution in [0.25, 0.3) is 22.6 Å². The maximum atomic E-state index is 9.53. The Balaban J connectivity index is 2.24. The van der Waals surface area contributed by atoms with Crippen molar-refractivity contribution < 1.29 is 5.11 Å². The molecular formula is C10H7N3OS. The zero-order chi connectivity index (χ0) is 10.3. The first-order valence-corrected chi connectivity index (χ1v) is 5.30. The number of aromatic nitrogens is 3. The van der Waals surface area contributed by atoms with Crippen LogP contribution in [-0.2, 0) is 0 Å². The quantitative estimate of drug-likeness (QED) is 0.658. The van der Waals surface area contributed by atoms with Crippen molar-refractivity contribution in [1.82, 2.24) is 15.0 Å². The first kappa shape index (κ1) is 8.43. The van der Waals surface area contributed by atoms with Gasteiger partial charge in [0.2, 0.25) is 5.06 Å². The number of aromatic amines is 1. The topological polar surface area (TPSA) is 61.8 Å². The number of hydrogen-bond donors (Lipinski definition) is 2. The molecule has 0 saturated heterocycles. The lowest BCUT2D eigenvalue weighted by Crippen LogP contribution is -1.79. The second-order valence-corrected chi connectivity index (χ2v) is 3.94. The molecule has 4 nitrogen and oxygen atoms in total. The van der Waals surface area contributed by atoms with Crippen LogP contribution in [0.2, 0.25) is 0 Å². The lowest BCUT2D eigenvalue weighted by Gasteiger charge is -1.89. The van der Waals surface area contributed by atoms with Gasteiger partial charge < -0.3 is 10.1 Å². The second-order valence-electron chi connectivity index (χ2n) is 3.11. The minimum atomic E-state index is 0.189. The number of rotatable bonds is 1. The normalized spacial score (nSPS) is 10.9. The summed E-state index contributed by atoms with van der Waals surface area (Å²) in [5, 5.41) is 9.71. The molecule has 0 spiro atoms. The monoisotopic (exact) mass is 217 g/mol. The van der Waals surface area contributed by atoms with Gasteiger partial charge >= 0.3 is 0 Å². The number of thiazole rings is 1. The molecule has 0 radical (unpaired) electrons. The van der Waals surface area contributed by atoms with Crippen LogP contribution in [0.3, 0.4) is 0 Å². The summed E-state index contributed by atoms with van der Waals surface area (Å²) >= 11 is 1.19. The molecule has 74 valence electrons. The van der Waals surface area contributed by atoms with E-state index in [1.165, 1.54) is 11.3 Å². The minimum Gasteiger partial charge on any atom is -0.498 e. The Morgan fingerprint density at radius 3 is 2.87 bits per heavy atom. The minimum absolute atomic E-state index is 0.189. The highest BCUT2D eigenvalue weighted by atomic mass is 32.1. The Kier molecular flexibility index (Phi) is 1.72. The molecule has 15 heavy (non-hydrogen) atoms. The van der Waals surface area contributed by atoms with Gasteiger partial charge in [-0.1, -0.05) is 23.5 Å². The van der Waals surface area contributed by atoms with Gasteiger partial charge in [-0.25, -0.2) is 9.97 Å². The summed E-state index contributed by atoms with van der Waals surface area (Å²) in [4.78, 5) is 11.5. The molecule has 0 bridgehead atoms. The summed E-state index contributed by atoms with van der Waals surface area (Å²) in [6.07, 6.45) is 0. The molecule has 1 aromatic carbocycles. The van der Waals surface area contributed by atoms with Crippen molar-refractivity contribution in [3.05, 3.63) is 29.8 Å². The summed E-state index contributed by atoms with van der Waals surface area (Å²) in [5.41, 5.74) is 3.92. The molecular weight excluding hydrogens is 210 g/mol. The third-order valence-corrected chi connectivity index (χ3v) is 2.79. The van der Waals surface area contributed by atoms with Crippen LogP contribution in [0, 0.1) is 0 Å². The highest BCUT2D eigenvalue weighted by Crippen LogP contribution is 2.30. The number of nitrogens with zero attached hydrogens (tertiary/aromatic N) is 2. The Hall–Kier alpha value is -1.88. The second kappa shape index (κ2) is 3.06. The molecule has 3 aromatic rings. The van der Waals surface area contributed by atoms with E-state index in [9.17, 15) is 5.11 Å². The fraction of sp³-hybridized carbons (Fsp3) is 0. The fourth-order valence-corrected chi connectivity index (χ4v) is 1.99. The molecule has 0 fully saturated rings. The molecule has 2 heterocycles. The summed E-state index contributed by atoms with van der Waals surface area (Å²) < 4.78 is 0. The highest BCUT2D eigenvalue weighted by molar-refractivity contribution is 7.11. The predicted octanol–water partition coefficient (Wildman–Crippen LogP) is 2.39. The number of para-hydroxylation sites is 2. The van der Waals surface area contributed by atoms with Gasteiger partial charge in [0.15, 0.2) is 11.5 Å². The van der Waals surface area contributed by atoms with Crippen LogP contribution >= 0.6 is 11.3 Å². The fourth-order valence-electron chi connectivity index (χ4n) is 1.47. The number of nitrogens with one attached hydrogen (secondary N) is 1. The summed E-state index contributed by atoms with van der Waals surface area (Å²) in [7, 11) is 0. The van der Waals surface area contributed by atoms with Crippen molar-refractivity contribution >= 4 is 22.4 Å². The van der Waals surface area contributed by atoms with Gasteiger partial charge in [0.05, 0.1) is 16.5 Å². The zero-order valence-corrected chi connectivity index (χ0v) is 8.45. The molecule has 0 unspecified atom stereocenters. The van der Waals surface area contributed by atoms with Gasteiger partial charge in [-0.05, 0) is 12.1 Å². The summed E-state index contributed by atoms with van der Waals surface area (Å²) in [5.74, 6) is 0.606. The van der Waals surface area contributed by atoms with Crippen molar-refractivity contribution in [2.45, 2.75) is 0 Å². The van der Waals surface area contributed by atoms with E-state index in [-0.39, 0.29) is 5.06 Å². The molecule has 2 N–H and O–H groups in total. The van der Waals surface area contributed by atoms with E-state index in [1.54, 1.807) is 5.51 Å². The number of H-pyrrole nitrogens is 1. The molecule has 0 aliphatic carbocycles. The first-order valence-electron chi connectivity index (χ1n) is 4.42. The molecule has 3 rings (SSSR count). The predicted molar refractivity (Wildman–Crippen MR) is 58.9 cm³/mol. The van der Waals surface area contributed by atoms with Crippen LogP contribution in [-0.4, -0.2) is 20.1 Å². The molecule has 0 amide bonds. The Bertz CT molecular complexity index is 581. The lowest BCUT2D eigenvalue weighted by molar-refractivity contribution is 0.491. The van der Waals surface area contributed by atoms with Crippen LogP contribution < -0.4 is 0 Å². The molecule has 5 heteroatoms. The van der Waals surface area contributed by atoms with E-state index < -0.39 is 0 Å². The van der Waals surface area contributed by atoms with E-state index in [2.05, 4.69) is 15.0 Å².